The van der Waals surface area contributed by atoms with Crippen LogP contribution in [0.4, 0.5) is 23.4 Å². The van der Waals surface area contributed by atoms with E-state index in [1.165, 1.54) is 28.9 Å². The van der Waals surface area contributed by atoms with Crippen molar-refractivity contribution in [1.29, 1.82) is 0 Å². The summed E-state index contributed by atoms with van der Waals surface area (Å²) >= 11 is 5.74. The highest BCUT2D eigenvalue weighted by Gasteiger charge is 2.49. The van der Waals surface area contributed by atoms with Gasteiger partial charge in [-0.15, -0.1) is 0 Å². The molecule has 7 nitrogen and oxygen atoms in total. The lowest BCUT2D eigenvalue weighted by molar-refractivity contribution is -0.152. The number of halogens is 5. The maximum Gasteiger partial charge on any atom is 0.416 e. The molecule has 2 aromatic rings. The van der Waals surface area contributed by atoms with Gasteiger partial charge in [-0.1, -0.05) is 23.7 Å². The molecule has 0 bridgehead atoms. The van der Waals surface area contributed by atoms with Gasteiger partial charge < -0.3 is 9.80 Å². The molecule has 0 saturated carbocycles. The first-order valence-electron chi connectivity index (χ1n) is 10.3. The van der Waals surface area contributed by atoms with Crippen LogP contribution >= 0.6 is 11.6 Å². The van der Waals surface area contributed by atoms with Crippen LogP contribution in [-0.2, 0) is 27.1 Å². The van der Waals surface area contributed by atoms with Crippen LogP contribution in [0.25, 0.3) is 0 Å². The number of amides is 3. The van der Waals surface area contributed by atoms with E-state index in [0.29, 0.717) is 5.56 Å². The fourth-order valence-corrected chi connectivity index (χ4v) is 4.29. The Kier molecular flexibility index (Phi) is 6.24. The molecule has 34 heavy (non-hydrogen) atoms. The number of alkyl halides is 3. The lowest BCUT2D eigenvalue weighted by atomic mass is 9.87. The second-order valence-corrected chi connectivity index (χ2v) is 8.67. The molecule has 2 aliphatic rings. The summed E-state index contributed by atoms with van der Waals surface area (Å²) in [7, 11) is 0. The minimum atomic E-state index is -4.50. The highest BCUT2D eigenvalue weighted by Crippen LogP contribution is 2.33. The van der Waals surface area contributed by atoms with E-state index in [1.54, 1.807) is 0 Å². The van der Waals surface area contributed by atoms with Crippen molar-refractivity contribution in [1.82, 2.24) is 14.8 Å². The normalized spacial score (nSPS) is 19.5. The third kappa shape index (κ3) is 4.56. The molecule has 3 amide bonds. The van der Waals surface area contributed by atoms with Crippen LogP contribution in [0.2, 0.25) is 5.02 Å². The van der Waals surface area contributed by atoms with Crippen LogP contribution in [-0.4, -0.2) is 58.2 Å². The monoisotopic (exact) mass is 498 g/mol. The van der Waals surface area contributed by atoms with Gasteiger partial charge in [0.25, 0.3) is 5.91 Å². The maximum absolute atomic E-state index is 14.5. The van der Waals surface area contributed by atoms with Gasteiger partial charge in [-0.2, -0.15) is 13.2 Å². The van der Waals surface area contributed by atoms with Gasteiger partial charge in [0.2, 0.25) is 11.8 Å². The van der Waals surface area contributed by atoms with E-state index in [-0.39, 0.29) is 36.4 Å². The number of piperazine rings is 1. The minimum absolute atomic E-state index is 0.0219. The first-order valence-corrected chi connectivity index (χ1v) is 10.7. The Hall–Kier alpha value is -3.21. The number of carbonyl (C=O) groups excluding carboxylic acids is 3. The number of hydrogen-bond acceptors (Lipinski definition) is 4. The van der Waals surface area contributed by atoms with Crippen molar-refractivity contribution >= 4 is 35.1 Å². The van der Waals surface area contributed by atoms with E-state index in [2.05, 4.69) is 4.98 Å². The Morgan fingerprint density at radius 2 is 1.82 bits per heavy atom. The molecule has 3 heterocycles. The predicted molar refractivity (Wildman–Crippen MR) is 113 cm³/mol. The quantitative estimate of drug-likeness (QED) is 0.607. The van der Waals surface area contributed by atoms with Crippen LogP contribution in [0.15, 0.2) is 36.5 Å². The number of anilines is 1. The zero-order valence-electron chi connectivity index (χ0n) is 17.9. The molecule has 0 spiro atoms. The molecular formula is C22H19ClF4N4O3. The van der Waals surface area contributed by atoms with Gasteiger partial charge in [-0.05, 0) is 23.8 Å². The summed E-state index contributed by atoms with van der Waals surface area (Å²) in [6.45, 7) is 1.20. The van der Waals surface area contributed by atoms with Gasteiger partial charge in [0.1, 0.15) is 12.6 Å². The van der Waals surface area contributed by atoms with Crippen LogP contribution in [0.1, 0.15) is 18.1 Å². The Balaban J connectivity index is 1.63. The van der Waals surface area contributed by atoms with E-state index in [1.807, 2.05) is 0 Å². The molecule has 0 N–H and O–H groups in total. The lowest BCUT2D eigenvalue weighted by Crippen LogP contribution is -2.68. The maximum atomic E-state index is 14.5. The largest absolute Gasteiger partial charge is 0.416 e. The van der Waals surface area contributed by atoms with Gasteiger partial charge >= 0.3 is 6.18 Å². The predicted octanol–water partition coefficient (Wildman–Crippen LogP) is 3.12. The van der Waals surface area contributed by atoms with E-state index >= 15 is 0 Å². The zero-order valence-corrected chi connectivity index (χ0v) is 18.6. The molecule has 1 aromatic heterocycles. The summed E-state index contributed by atoms with van der Waals surface area (Å²) in [6.07, 6.45) is -3.35. The van der Waals surface area contributed by atoms with Crippen molar-refractivity contribution in [2.75, 3.05) is 24.5 Å². The molecule has 4 rings (SSSR count). The van der Waals surface area contributed by atoms with Crippen LogP contribution < -0.4 is 4.90 Å². The number of hydrogen-bond donors (Lipinski definition) is 0. The minimum Gasteiger partial charge on any atom is -0.342 e. The molecule has 1 unspecified atom stereocenters. The van der Waals surface area contributed by atoms with Gasteiger partial charge in [-0.25, -0.2) is 9.37 Å². The van der Waals surface area contributed by atoms with Gasteiger partial charge in [0.05, 0.1) is 10.6 Å². The second-order valence-electron chi connectivity index (χ2n) is 8.23. The number of likely N-dealkylation sites (tertiary alicyclic amines) is 1. The topological polar surface area (TPSA) is 73.8 Å². The van der Waals surface area contributed by atoms with E-state index in [0.717, 1.165) is 29.3 Å². The standard InChI is InChI=1S/C22H19ClF4N4O3/c1-12(32)29-9-14(10-29)19-21(34)31(20-17(24)6-16(23)7-28-20)11-18(33)30(19)8-13-2-4-15(5-3-13)22(25,26)27/h2-7,14,19H,8-11H2,1H3. The third-order valence-corrected chi connectivity index (χ3v) is 6.16. The number of nitrogens with zero attached hydrogens (tertiary/aromatic N) is 4. The first-order chi connectivity index (χ1) is 16.0. The van der Waals surface area contributed by atoms with Crippen molar-refractivity contribution in [2.24, 2.45) is 5.92 Å². The molecule has 0 radical (unpaired) electrons. The zero-order chi connectivity index (χ0) is 24.8. The highest BCUT2D eigenvalue weighted by atomic mass is 35.5. The van der Waals surface area contributed by atoms with Crippen LogP contribution in [0, 0.1) is 11.7 Å². The molecule has 2 aliphatic heterocycles. The number of carbonyl (C=O) groups is 3. The number of aromatic nitrogens is 1. The molecule has 0 aliphatic carbocycles. The van der Waals surface area contributed by atoms with Crippen molar-refractivity contribution < 1.29 is 31.9 Å². The average molecular weight is 499 g/mol. The molecule has 180 valence electrons. The Morgan fingerprint density at radius 3 is 2.38 bits per heavy atom. The van der Waals surface area contributed by atoms with Crippen molar-refractivity contribution in [3.63, 3.8) is 0 Å². The van der Waals surface area contributed by atoms with Crippen LogP contribution in [0.5, 0.6) is 0 Å². The van der Waals surface area contributed by atoms with Crippen LogP contribution in [0.3, 0.4) is 0 Å². The van der Waals surface area contributed by atoms with Gasteiger partial charge in [0, 0.05) is 38.7 Å². The van der Waals surface area contributed by atoms with Crippen molar-refractivity contribution in [3.05, 3.63) is 58.5 Å². The third-order valence-electron chi connectivity index (χ3n) is 5.95. The van der Waals surface area contributed by atoms with Gasteiger partial charge in [0.15, 0.2) is 11.6 Å². The molecule has 12 heteroatoms. The summed E-state index contributed by atoms with van der Waals surface area (Å²) in [5, 5.41) is 0.0219. The van der Waals surface area contributed by atoms with E-state index in [9.17, 15) is 31.9 Å². The van der Waals surface area contributed by atoms with E-state index < -0.39 is 47.9 Å². The molecule has 1 atom stereocenters. The Bertz CT molecular complexity index is 1140. The fourth-order valence-electron chi connectivity index (χ4n) is 4.15. The summed E-state index contributed by atoms with van der Waals surface area (Å²) in [6, 6.07) is 4.23. The Morgan fingerprint density at radius 1 is 1.18 bits per heavy atom. The van der Waals surface area contributed by atoms with Crippen molar-refractivity contribution in [3.8, 4) is 0 Å². The molecule has 2 fully saturated rings. The highest BCUT2D eigenvalue weighted by molar-refractivity contribution is 6.30. The smallest absolute Gasteiger partial charge is 0.342 e. The van der Waals surface area contributed by atoms with E-state index in [4.69, 9.17) is 11.6 Å². The lowest BCUT2D eigenvalue weighted by Gasteiger charge is -2.49. The average Bonchev–Trinajstić information content (AvgIpc) is 2.71. The van der Waals surface area contributed by atoms with Crippen molar-refractivity contribution in [2.45, 2.75) is 25.7 Å². The summed E-state index contributed by atoms with van der Waals surface area (Å²) in [5.74, 6) is -2.95. The molecule has 2 saturated heterocycles. The number of pyridine rings is 1. The number of benzene rings is 1. The Labute approximate surface area is 196 Å². The molecule has 1 aromatic carbocycles. The molecular weight excluding hydrogens is 480 g/mol. The first kappa shape index (κ1) is 23.9. The summed E-state index contributed by atoms with van der Waals surface area (Å²) in [5.41, 5.74) is -0.438. The number of rotatable bonds is 4. The summed E-state index contributed by atoms with van der Waals surface area (Å²) in [4.78, 5) is 45.8. The SMILES string of the molecule is CC(=O)N1CC(C2C(=O)N(c3ncc(Cl)cc3F)CC(=O)N2Cc2ccc(C(F)(F)F)cc2)C1. The summed E-state index contributed by atoms with van der Waals surface area (Å²) < 4.78 is 53.1. The fraction of sp³-hybridized carbons (Fsp3) is 0.364. The van der Waals surface area contributed by atoms with Gasteiger partial charge in [-0.3, -0.25) is 19.3 Å². The second kappa shape index (κ2) is 8.86.